The summed E-state index contributed by atoms with van der Waals surface area (Å²) in [4.78, 5) is 23.6. The first-order valence-electron chi connectivity index (χ1n) is 7.45. The molecule has 1 amide bonds. The Kier molecular flexibility index (Phi) is 6.87. The minimum atomic E-state index is -0.511. The third-order valence-electron chi connectivity index (χ3n) is 3.52. The number of hydrogen-bond donors (Lipinski definition) is 1. The number of halogens is 3. The Morgan fingerprint density at radius 1 is 1.16 bits per heavy atom. The third kappa shape index (κ3) is 5.46. The summed E-state index contributed by atoms with van der Waals surface area (Å²) in [5.41, 5.74) is 1.13. The zero-order valence-electron chi connectivity index (χ0n) is 13.6. The second-order valence-electron chi connectivity index (χ2n) is 5.45. The zero-order valence-corrected chi connectivity index (χ0v) is 15.9. The highest BCUT2D eigenvalue weighted by Gasteiger charge is 2.13. The zero-order chi connectivity index (χ0) is 18.6. The summed E-state index contributed by atoms with van der Waals surface area (Å²) in [5.74, 6) is -0.896. The molecule has 0 aliphatic carbocycles. The molecule has 0 saturated heterocycles. The van der Waals surface area contributed by atoms with Crippen molar-refractivity contribution >= 4 is 46.7 Å². The Bertz CT molecular complexity index is 814. The third-order valence-corrected chi connectivity index (χ3v) is 5.31. The SMILES string of the molecule is CC(=O)c1ccc(SCC(=O)NC(C)c2ccc(Cl)c(Cl)c2)c(F)c1. The second-order valence-corrected chi connectivity index (χ2v) is 7.28. The van der Waals surface area contributed by atoms with Crippen LogP contribution in [0.2, 0.25) is 10.0 Å². The molecule has 0 saturated carbocycles. The van der Waals surface area contributed by atoms with E-state index in [0.717, 1.165) is 17.3 Å². The maximum absolute atomic E-state index is 13.9. The van der Waals surface area contributed by atoms with E-state index in [2.05, 4.69) is 5.32 Å². The van der Waals surface area contributed by atoms with Crippen molar-refractivity contribution in [2.45, 2.75) is 24.8 Å². The summed E-state index contributed by atoms with van der Waals surface area (Å²) in [7, 11) is 0. The summed E-state index contributed by atoms with van der Waals surface area (Å²) in [6, 6.07) is 9.13. The van der Waals surface area contributed by atoms with Crippen LogP contribution < -0.4 is 5.32 Å². The highest BCUT2D eigenvalue weighted by molar-refractivity contribution is 8.00. The van der Waals surface area contributed by atoms with E-state index in [1.54, 1.807) is 24.3 Å². The van der Waals surface area contributed by atoms with Crippen molar-refractivity contribution in [1.82, 2.24) is 5.32 Å². The van der Waals surface area contributed by atoms with Crippen molar-refractivity contribution < 1.29 is 14.0 Å². The average Bonchev–Trinajstić information content (AvgIpc) is 2.55. The molecule has 0 radical (unpaired) electrons. The van der Waals surface area contributed by atoms with Gasteiger partial charge in [-0.1, -0.05) is 35.3 Å². The van der Waals surface area contributed by atoms with Gasteiger partial charge >= 0.3 is 0 Å². The first kappa shape index (κ1) is 19.8. The Morgan fingerprint density at radius 3 is 2.48 bits per heavy atom. The van der Waals surface area contributed by atoms with Gasteiger partial charge in [0.1, 0.15) is 5.82 Å². The maximum Gasteiger partial charge on any atom is 0.230 e. The van der Waals surface area contributed by atoms with Gasteiger partial charge in [-0.25, -0.2) is 4.39 Å². The molecule has 0 heterocycles. The summed E-state index contributed by atoms with van der Waals surface area (Å²) in [6.45, 7) is 3.20. The van der Waals surface area contributed by atoms with E-state index in [0.29, 0.717) is 20.5 Å². The number of hydrogen-bond acceptors (Lipinski definition) is 3. The minimum Gasteiger partial charge on any atom is -0.349 e. The number of carbonyl (C=O) groups is 2. The van der Waals surface area contributed by atoms with E-state index in [1.807, 2.05) is 6.92 Å². The van der Waals surface area contributed by atoms with Gasteiger partial charge in [0.15, 0.2) is 5.78 Å². The van der Waals surface area contributed by atoms with Gasteiger partial charge in [0.25, 0.3) is 0 Å². The number of Topliss-reactive ketones (excluding diaryl/α,β-unsaturated/α-hetero) is 1. The lowest BCUT2D eigenvalue weighted by Gasteiger charge is -2.15. The van der Waals surface area contributed by atoms with E-state index in [1.165, 1.54) is 19.1 Å². The minimum absolute atomic E-state index is 0.0575. The van der Waals surface area contributed by atoms with Crippen molar-refractivity contribution in [3.8, 4) is 0 Å². The van der Waals surface area contributed by atoms with Gasteiger partial charge in [-0.15, -0.1) is 11.8 Å². The monoisotopic (exact) mass is 399 g/mol. The van der Waals surface area contributed by atoms with E-state index < -0.39 is 5.82 Å². The van der Waals surface area contributed by atoms with E-state index in [9.17, 15) is 14.0 Å². The van der Waals surface area contributed by atoms with Crippen LogP contribution in [0.25, 0.3) is 0 Å². The fourth-order valence-electron chi connectivity index (χ4n) is 2.13. The van der Waals surface area contributed by atoms with Crippen molar-refractivity contribution in [2.24, 2.45) is 0 Å². The van der Waals surface area contributed by atoms with Crippen LogP contribution in [0.5, 0.6) is 0 Å². The van der Waals surface area contributed by atoms with Crippen LogP contribution in [-0.2, 0) is 4.79 Å². The van der Waals surface area contributed by atoms with Crippen LogP contribution in [-0.4, -0.2) is 17.4 Å². The normalized spacial score (nSPS) is 11.9. The highest BCUT2D eigenvalue weighted by Crippen LogP contribution is 2.26. The molecule has 2 aromatic rings. The molecule has 0 fully saturated rings. The lowest BCUT2D eigenvalue weighted by molar-refractivity contribution is -0.119. The fraction of sp³-hybridized carbons (Fsp3) is 0.222. The average molecular weight is 400 g/mol. The molecule has 0 aliphatic heterocycles. The Balaban J connectivity index is 1.94. The molecule has 0 aliphatic rings. The van der Waals surface area contributed by atoms with Crippen LogP contribution in [0, 0.1) is 5.82 Å². The molecular formula is C18H16Cl2FNO2S. The van der Waals surface area contributed by atoms with Gasteiger partial charge in [0.05, 0.1) is 21.8 Å². The van der Waals surface area contributed by atoms with Gasteiger partial charge in [-0.05, 0) is 43.7 Å². The van der Waals surface area contributed by atoms with Crippen molar-refractivity contribution in [3.63, 3.8) is 0 Å². The predicted molar refractivity (Wildman–Crippen MR) is 100 cm³/mol. The molecule has 2 rings (SSSR count). The number of ketones is 1. The molecule has 0 aromatic heterocycles. The number of carbonyl (C=O) groups excluding carboxylic acids is 2. The molecular weight excluding hydrogens is 384 g/mol. The van der Waals surface area contributed by atoms with Gasteiger partial charge in [-0.2, -0.15) is 0 Å². The summed E-state index contributed by atoms with van der Waals surface area (Å²) < 4.78 is 13.9. The molecule has 1 atom stereocenters. The molecule has 7 heteroatoms. The van der Waals surface area contributed by atoms with Crippen molar-refractivity contribution in [2.75, 3.05) is 5.75 Å². The number of nitrogens with one attached hydrogen (secondary N) is 1. The van der Waals surface area contributed by atoms with E-state index in [-0.39, 0.29) is 23.5 Å². The van der Waals surface area contributed by atoms with Crippen LogP contribution in [0.15, 0.2) is 41.3 Å². The summed E-state index contributed by atoms with van der Waals surface area (Å²) in [5, 5.41) is 3.69. The number of amides is 1. The van der Waals surface area contributed by atoms with Gasteiger partial charge < -0.3 is 5.32 Å². The number of rotatable bonds is 6. The molecule has 0 spiro atoms. The predicted octanol–water partition coefficient (Wildman–Crippen LogP) is 5.30. The number of benzene rings is 2. The topological polar surface area (TPSA) is 46.2 Å². The molecule has 2 aromatic carbocycles. The van der Waals surface area contributed by atoms with Gasteiger partial charge in [0.2, 0.25) is 5.91 Å². The summed E-state index contributed by atoms with van der Waals surface area (Å²) in [6.07, 6.45) is 0. The lowest BCUT2D eigenvalue weighted by Crippen LogP contribution is -2.28. The largest absolute Gasteiger partial charge is 0.349 e. The first-order chi connectivity index (χ1) is 11.8. The maximum atomic E-state index is 13.9. The van der Waals surface area contributed by atoms with Crippen molar-refractivity contribution in [3.05, 3.63) is 63.4 Å². The highest BCUT2D eigenvalue weighted by atomic mass is 35.5. The van der Waals surface area contributed by atoms with Crippen LogP contribution >= 0.6 is 35.0 Å². The Morgan fingerprint density at radius 2 is 1.88 bits per heavy atom. The lowest BCUT2D eigenvalue weighted by atomic mass is 10.1. The fourth-order valence-corrected chi connectivity index (χ4v) is 3.17. The molecule has 3 nitrogen and oxygen atoms in total. The quantitative estimate of drug-likeness (QED) is 0.529. The second kappa shape index (κ2) is 8.70. The Labute approximate surface area is 159 Å². The molecule has 1 N–H and O–H groups in total. The van der Waals surface area contributed by atoms with Crippen molar-refractivity contribution in [1.29, 1.82) is 0 Å². The van der Waals surface area contributed by atoms with E-state index in [4.69, 9.17) is 23.2 Å². The number of thioether (sulfide) groups is 1. The van der Waals surface area contributed by atoms with Crippen LogP contribution in [0.4, 0.5) is 4.39 Å². The molecule has 25 heavy (non-hydrogen) atoms. The molecule has 0 bridgehead atoms. The van der Waals surface area contributed by atoms with Gasteiger partial charge in [-0.3, -0.25) is 9.59 Å². The molecule has 1 unspecified atom stereocenters. The first-order valence-corrected chi connectivity index (χ1v) is 9.19. The standard InChI is InChI=1S/C18H16Cl2FNO2S/c1-10(12-3-5-14(19)15(20)7-12)22-18(24)9-25-17-6-4-13(11(2)23)8-16(17)21/h3-8,10H,9H2,1-2H3,(H,22,24). The Hall–Kier alpha value is -1.56. The summed E-state index contributed by atoms with van der Waals surface area (Å²) >= 11 is 12.9. The van der Waals surface area contributed by atoms with E-state index >= 15 is 0 Å². The van der Waals surface area contributed by atoms with Crippen LogP contribution in [0.3, 0.4) is 0 Å². The van der Waals surface area contributed by atoms with Crippen LogP contribution in [0.1, 0.15) is 35.8 Å². The van der Waals surface area contributed by atoms with Gasteiger partial charge in [0, 0.05) is 10.5 Å². The smallest absolute Gasteiger partial charge is 0.230 e. The molecule has 132 valence electrons.